The van der Waals surface area contributed by atoms with Gasteiger partial charge in [-0.25, -0.2) is 8.78 Å². The Morgan fingerprint density at radius 3 is 2.71 bits per heavy atom. The molecule has 0 fully saturated rings. The fourth-order valence-corrected chi connectivity index (χ4v) is 2.44. The first kappa shape index (κ1) is 15.9. The summed E-state index contributed by atoms with van der Waals surface area (Å²) in [6.07, 6.45) is 0. The molecule has 0 aliphatic carbocycles. The molecular formula is C17H14F2N2O3. The van der Waals surface area contributed by atoms with Crippen molar-refractivity contribution >= 4 is 17.5 Å². The van der Waals surface area contributed by atoms with Crippen LogP contribution in [0.4, 0.5) is 14.5 Å². The first-order valence-corrected chi connectivity index (χ1v) is 7.31. The third-order valence-electron chi connectivity index (χ3n) is 3.57. The zero-order valence-corrected chi connectivity index (χ0v) is 12.6. The molecule has 2 aromatic rings. The third-order valence-corrected chi connectivity index (χ3v) is 3.57. The van der Waals surface area contributed by atoms with Gasteiger partial charge < -0.3 is 15.0 Å². The number of carbonyl (C=O) groups is 2. The number of ether oxygens (including phenoxy) is 1. The summed E-state index contributed by atoms with van der Waals surface area (Å²) in [5.74, 6) is -1.61. The predicted octanol–water partition coefficient (Wildman–Crippen LogP) is 2.12. The highest BCUT2D eigenvalue weighted by Gasteiger charge is 2.24. The number of carbonyl (C=O) groups excluding carboxylic acids is 2. The molecule has 1 aliphatic rings. The van der Waals surface area contributed by atoms with Crippen LogP contribution in [-0.4, -0.2) is 31.5 Å². The Hall–Kier alpha value is -2.96. The highest BCUT2D eigenvalue weighted by Crippen LogP contribution is 2.31. The van der Waals surface area contributed by atoms with Crippen molar-refractivity contribution in [3.8, 4) is 5.75 Å². The van der Waals surface area contributed by atoms with Crippen LogP contribution >= 0.6 is 0 Å². The molecule has 0 bridgehead atoms. The summed E-state index contributed by atoms with van der Waals surface area (Å²) in [7, 11) is 0. The van der Waals surface area contributed by atoms with Gasteiger partial charge in [-0.15, -0.1) is 0 Å². The molecule has 0 atom stereocenters. The first-order valence-electron chi connectivity index (χ1n) is 7.31. The van der Waals surface area contributed by atoms with Crippen LogP contribution in [0.2, 0.25) is 0 Å². The lowest BCUT2D eigenvalue weighted by atomic mass is 10.2. The van der Waals surface area contributed by atoms with Crippen molar-refractivity contribution in [1.29, 1.82) is 0 Å². The van der Waals surface area contributed by atoms with E-state index < -0.39 is 17.5 Å². The molecule has 0 saturated carbocycles. The molecule has 0 aromatic heterocycles. The molecule has 0 spiro atoms. The van der Waals surface area contributed by atoms with E-state index in [4.69, 9.17) is 4.74 Å². The van der Waals surface area contributed by atoms with E-state index in [1.807, 2.05) is 0 Å². The highest BCUT2D eigenvalue weighted by molar-refractivity contribution is 6.01. The molecule has 3 rings (SSSR count). The van der Waals surface area contributed by atoms with Crippen LogP contribution in [0.25, 0.3) is 0 Å². The smallest absolute Gasteiger partial charge is 0.251 e. The lowest BCUT2D eigenvalue weighted by Gasteiger charge is -2.29. The summed E-state index contributed by atoms with van der Waals surface area (Å²) < 4.78 is 31.7. The van der Waals surface area contributed by atoms with E-state index in [-0.39, 0.29) is 30.4 Å². The standard InChI is InChI=1S/C17H14F2N2O3/c18-12-3-1-2-11(8-12)17(23)20-10-16(22)21-6-7-24-15-9-13(19)4-5-14(15)21/h1-5,8-9H,6-7,10H2,(H,20,23). The van der Waals surface area contributed by atoms with Gasteiger partial charge >= 0.3 is 0 Å². The van der Waals surface area contributed by atoms with Gasteiger partial charge in [0, 0.05) is 11.6 Å². The number of halogens is 2. The number of nitrogens with one attached hydrogen (secondary N) is 1. The van der Waals surface area contributed by atoms with Gasteiger partial charge in [0.05, 0.1) is 18.8 Å². The summed E-state index contributed by atoms with van der Waals surface area (Å²) >= 11 is 0. The fraction of sp³-hybridized carbons (Fsp3) is 0.176. The maximum absolute atomic E-state index is 13.2. The van der Waals surface area contributed by atoms with Gasteiger partial charge in [-0.3, -0.25) is 9.59 Å². The fourth-order valence-electron chi connectivity index (χ4n) is 2.44. The number of nitrogens with zero attached hydrogens (tertiary/aromatic N) is 1. The first-order chi connectivity index (χ1) is 11.5. The molecule has 0 saturated heterocycles. The van der Waals surface area contributed by atoms with Crippen LogP contribution in [0.3, 0.4) is 0 Å². The van der Waals surface area contributed by atoms with Gasteiger partial charge in [-0.1, -0.05) is 6.07 Å². The molecule has 24 heavy (non-hydrogen) atoms. The van der Waals surface area contributed by atoms with E-state index in [2.05, 4.69) is 5.32 Å². The number of rotatable bonds is 3. The van der Waals surface area contributed by atoms with Gasteiger partial charge in [0.25, 0.3) is 5.91 Å². The van der Waals surface area contributed by atoms with Crippen molar-refractivity contribution in [2.75, 3.05) is 24.6 Å². The van der Waals surface area contributed by atoms with Crippen LogP contribution in [0.5, 0.6) is 5.75 Å². The van der Waals surface area contributed by atoms with Crippen LogP contribution in [-0.2, 0) is 4.79 Å². The zero-order chi connectivity index (χ0) is 17.1. The second-order valence-corrected chi connectivity index (χ2v) is 5.20. The summed E-state index contributed by atoms with van der Waals surface area (Å²) in [6.45, 7) is 0.277. The van der Waals surface area contributed by atoms with E-state index >= 15 is 0 Å². The topological polar surface area (TPSA) is 58.6 Å². The number of fused-ring (bicyclic) bond motifs is 1. The lowest BCUT2D eigenvalue weighted by Crippen LogP contribution is -2.44. The average molecular weight is 332 g/mol. The van der Waals surface area contributed by atoms with Crippen molar-refractivity contribution in [3.05, 3.63) is 59.7 Å². The van der Waals surface area contributed by atoms with Gasteiger partial charge in [-0.05, 0) is 30.3 Å². The van der Waals surface area contributed by atoms with E-state index in [9.17, 15) is 18.4 Å². The summed E-state index contributed by atoms with van der Waals surface area (Å²) in [4.78, 5) is 25.7. The number of benzene rings is 2. The molecular weight excluding hydrogens is 318 g/mol. The summed E-state index contributed by atoms with van der Waals surface area (Å²) in [6, 6.07) is 9.09. The Morgan fingerprint density at radius 2 is 1.92 bits per heavy atom. The molecule has 7 heteroatoms. The number of amides is 2. The van der Waals surface area contributed by atoms with Crippen LogP contribution in [0.1, 0.15) is 10.4 Å². The normalized spacial score (nSPS) is 13.0. The van der Waals surface area contributed by atoms with Crippen molar-refractivity contribution in [3.63, 3.8) is 0 Å². The van der Waals surface area contributed by atoms with E-state index in [0.29, 0.717) is 12.2 Å². The molecule has 124 valence electrons. The van der Waals surface area contributed by atoms with Gasteiger partial charge in [0.15, 0.2) is 0 Å². The summed E-state index contributed by atoms with van der Waals surface area (Å²) in [5.41, 5.74) is 0.583. The second kappa shape index (κ2) is 6.66. The van der Waals surface area contributed by atoms with E-state index in [0.717, 1.165) is 6.07 Å². The minimum absolute atomic E-state index is 0.132. The lowest BCUT2D eigenvalue weighted by molar-refractivity contribution is -0.117. The molecule has 1 N–H and O–H groups in total. The van der Waals surface area contributed by atoms with Crippen molar-refractivity contribution in [2.45, 2.75) is 0 Å². The summed E-state index contributed by atoms with van der Waals surface area (Å²) in [5, 5.41) is 2.45. The molecule has 0 radical (unpaired) electrons. The van der Waals surface area contributed by atoms with Crippen LogP contribution in [0, 0.1) is 11.6 Å². The van der Waals surface area contributed by atoms with E-state index in [1.54, 1.807) is 0 Å². The molecule has 1 aliphatic heterocycles. The minimum Gasteiger partial charge on any atom is -0.489 e. The number of anilines is 1. The Labute approximate surface area is 136 Å². The zero-order valence-electron chi connectivity index (χ0n) is 12.6. The monoisotopic (exact) mass is 332 g/mol. The maximum Gasteiger partial charge on any atom is 0.251 e. The quantitative estimate of drug-likeness (QED) is 0.937. The Morgan fingerprint density at radius 1 is 1.12 bits per heavy atom. The van der Waals surface area contributed by atoms with E-state index in [1.165, 1.54) is 41.3 Å². The molecule has 0 unspecified atom stereocenters. The second-order valence-electron chi connectivity index (χ2n) is 5.20. The van der Waals surface area contributed by atoms with Crippen molar-refractivity contribution in [1.82, 2.24) is 5.32 Å². The Bertz CT molecular complexity index is 795. The molecule has 5 nitrogen and oxygen atoms in total. The van der Waals surface area contributed by atoms with Crippen molar-refractivity contribution in [2.24, 2.45) is 0 Å². The number of hydrogen-bond acceptors (Lipinski definition) is 3. The van der Waals surface area contributed by atoms with Gasteiger partial charge in [-0.2, -0.15) is 0 Å². The minimum atomic E-state index is -0.546. The number of hydrogen-bond donors (Lipinski definition) is 1. The molecule has 2 aromatic carbocycles. The maximum atomic E-state index is 13.2. The third kappa shape index (κ3) is 3.34. The Kier molecular flexibility index (Phi) is 4.41. The highest BCUT2D eigenvalue weighted by atomic mass is 19.1. The largest absolute Gasteiger partial charge is 0.489 e. The van der Waals surface area contributed by atoms with Crippen LogP contribution in [0.15, 0.2) is 42.5 Å². The molecule has 1 heterocycles. The van der Waals surface area contributed by atoms with Gasteiger partial charge in [0.1, 0.15) is 24.0 Å². The Balaban J connectivity index is 1.67. The van der Waals surface area contributed by atoms with Crippen LogP contribution < -0.4 is 15.0 Å². The SMILES string of the molecule is O=C(NCC(=O)N1CCOc2cc(F)ccc21)c1cccc(F)c1. The van der Waals surface area contributed by atoms with Gasteiger partial charge in [0.2, 0.25) is 5.91 Å². The predicted molar refractivity (Wildman–Crippen MR) is 83.0 cm³/mol. The van der Waals surface area contributed by atoms with Crippen molar-refractivity contribution < 1.29 is 23.1 Å². The average Bonchev–Trinajstić information content (AvgIpc) is 2.58. The molecule has 2 amide bonds.